The Balaban J connectivity index is 1.51. The molecule has 1 amide bonds. The Hall–Kier alpha value is -2.66. The molecule has 0 unspecified atom stereocenters. The van der Waals surface area contributed by atoms with E-state index < -0.39 is 0 Å². The molecule has 3 aromatic rings. The molecule has 1 N–H and O–H groups in total. The number of hydrogen-bond acceptors (Lipinski definition) is 3. The van der Waals surface area contributed by atoms with Gasteiger partial charge in [-0.25, -0.2) is 4.52 Å². The molecule has 0 saturated carbocycles. The van der Waals surface area contributed by atoms with Crippen molar-refractivity contribution >= 4 is 28.8 Å². The highest BCUT2D eigenvalue weighted by molar-refractivity contribution is 6.30. The largest absolute Gasteiger partial charge is 0.352 e. The molecule has 122 valence electrons. The molecular formula is C18H16ClN3O2. The number of carbonyl (C=O) groups excluding carboxylic acids is 2. The summed E-state index contributed by atoms with van der Waals surface area (Å²) in [5, 5.41) is 7.63. The van der Waals surface area contributed by atoms with Crippen LogP contribution in [0.4, 0.5) is 0 Å². The van der Waals surface area contributed by atoms with E-state index in [0.29, 0.717) is 17.1 Å². The molecule has 3 rings (SSSR count). The van der Waals surface area contributed by atoms with Gasteiger partial charge in [0.15, 0.2) is 5.78 Å². The van der Waals surface area contributed by atoms with Crippen molar-refractivity contribution in [3.8, 4) is 0 Å². The van der Waals surface area contributed by atoms with E-state index in [0.717, 1.165) is 11.1 Å². The van der Waals surface area contributed by atoms with Crippen molar-refractivity contribution in [2.75, 3.05) is 0 Å². The van der Waals surface area contributed by atoms with Gasteiger partial charge in [-0.2, -0.15) is 5.10 Å². The number of pyridine rings is 1. The van der Waals surface area contributed by atoms with Crippen LogP contribution in [-0.2, 0) is 11.3 Å². The third-order valence-corrected chi connectivity index (χ3v) is 3.98. The summed E-state index contributed by atoms with van der Waals surface area (Å²) in [6.07, 6.45) is 3.91. The van der Waals surface area contributed by atoms with Gasteiger partial charge in [-0.05, 0) is 36.4 Å². The summed E-state index contributed by atoms with van der Waals surface area (Å²) in [6.45, 7) is 0.390. The molecule has 0 fully saturated rings. The molecule has 5 nitrogen and oxygen atoms in total. The molecule has 0 radical (unpaired) electrons. The number of amides is 1. The number of carbonyl (C=O) groups is 2. The van der Waals surface area contributed by atoms with E-state index in [1.54, 1.807) is 35.0 Å². The van der Waals surface area contributed by atoms with Crippen molar-refractivity contribution in [1.29, 1.82) is 0 Å². The van der Waals surface area contributed by atoms with Crippen molar-refractivity contribution < 1.29 is 9.59 Å². The van der Waals surface area contributed by atoms with Crippen LogP contribution in [0.3, 0.4) is 0 Å². The topological polar surface area (TPSA) is 63.5 Å². The predicted octanol–water partition coefficient (Wildman–Crippen LogP) is 3.27. The van der Waals surface area contributed by atoms with Gasteiger partial charge in [0.05, 0.1) is 11.7 Å². The lowest BCUT2D eigenvalue weighted by Crippen LogP contribution is -2.23. The van der Waals surface area contributed by atoms with Crippen LogP contribution in [0.2, 0.25) is 5.02 Å². The Labute approximate surface area is 144 Å². The van der Waals surface area contributed by atoms with Gasteiger partial charge < -0.3 is 5.32 Å². The lowest BCUT2D eigenvalue weighted by molar-refractivity contribution is -0.121. The average Bonchev–Trinajstić information content (AvgIpc) is 3.01. The molecule has 0 spiro atoms. The minimum absolute atomic E-state index is 0.0715. The molecule has 0 aliphatic heterocycles. The summed E-state index contributed by atoms with van der Waals surface area (Å²) in [5.74, 6) is -0.231. The molecule has 2 heterocycles. The number of halogens is 1. The third kappa shape index (κ3) is 3.81. The van der Waals surface area contributed by atoms with Gasteiger partial charge in [0.2, 0.25) is 5.91 Å². The Kier molecular flexibility index (Phi) is 4.91. The molecule has 0 bridgehead atoms. The fraction of sp³-hybridized carbons (Fsp3) is 0.167. The summed E-state index contributed by atoms with van der Waals surface area (Å²) in [5.41, 5.74) is 2.46. The summed E-state index contributed by atoms with van der Waals surface area (Å²) in [7, 11) is 0. The first-order chi connectivity index (χ1) is 11.6. The Morgan fingerprint density at radius 2 is 1.88 bits per heavy atom. The zero-order valence-electron chi connectivity index (χ0n) is 12.9. The van der Waals surface area contributed by atoms with Gasteiger partial charge in [0.1, 0.15) is 0 Å². The van der Waals surface area contributed by atoms with Crippen LogP contribution in [0.15, 0.2) is 54.9 Å². The van der Waals surface area contributed by atoms with E-state index in [1.807, 2.05) is 24.4 Å². The minimum Gasteiger partial charge on any atom is -0.352 e. The lowest BCUT2D eigenvalue weighted by atomic mass is 10.1. The maximum Gasteiger partial charge on any atom is 0.220 e. The SMILES string of the molecule is O=C(CCC(=O)c1ccc(Cl)cc1)NCc1cnn2ccccc12. The van der Waals surface area contributed by atoms with Crippen molar-refractivity contribution in [3.05, 3.63) is 71.0 Å². The summed E-state index contributed by atoms with van der Waals surface area (Å²) < 4.78 is 1.76. The molecule has 6 heteroatoms. The van der Waals surface area contributed by atoms with Gasteiger partial charge in [0, 0.05) is 41.7 Å². The first-order valence-corrected chi connectivity index (χ1v) is 7.98. The Morgan fingerprint density at radius 3 is 2.67 bits per heavy atom. The molecule has 2 aromatic heterocycles. The molecule has 1 aromatic carbocycles. The highest BCUT2D eigenvalue weighted by Gasteiger charge is 2.10. The molecule has 0 aliphatic carbocycles. The maximum atomic E-state index is 12.0. The van der Waals surface area contributed by atoms with Crippen LogP contribution < -0.4 is 5.32 Å². The van der Waals surface area contributed by atoms with Crippen molar-refractivity contribution in [2.24, 2.45) is 0 Å². The predicted molar refractivity (Wildman–Crippen MR) is 92.1 cm³/mol. The number of rotatable bonds is 6. The van der Waals surface area contributed by atoms with Gasteiger partial charge in [-0.15, -0.1) is 0 Å². The zero-order chi connectivity index (χ0) is 16.9. The van der Waals surface area contributed by atoms with E-state index >= 15 is 0 Å². The second-order valence-electron chi connectivity index (χ2n) is 5.41. The van der Waals surface area contributed by atoms with E-state index in [9.17, 15) is 9.59 Å². The quantitative estimate of drug-likeness (QED) is 0.700. The number of benzene rings is 1. The summed E-state index contributed by atoms with van der Waals surface area (Å²) in [4.78, 5) is 24.0. The molecule has 0 aliphatic rings. The second kappa shape index (κ2) is 7.27. The van der Waals surface area contributed by atoms with Gasteiger partial charge in [-0.1, -0.05) is 17.7 Å². The lowest BCUT2D eigenvalue weighted by Gasteiger charge is -2.04. The highest BCUT2D eigenvalue weighted by Crippen LogP contribution is 2.12. The Morgan fingerprint density at radius 1 is 1.08 bits per heavy atom. The average molecular weight is 342 g/mol. The summed E-state index contributed by atoms with van der Waals surface area (Å²) >= 11 is 5.79. The summed E-state index contributed by atoms with van der Waals surface area (Å²) in [6, 6.07) is 12.4. The second-order valence-corrected chi connectivity index (χ2v) is 5.84. The monoisotopic (exact) mass is 341 g/mol. The standard InChI is InChI=1S/C18H16ClN3O2/c19-15-6-4-13(5-7-15)17(23)8-9-18(24)20-11-14-12-21-22-10-2-1-3-16(14)22/h1-7,10,12H,8-9,11H2,(H,20,24). The first-order valence-electron chi connectivity index (χ1n) is 7.60. The smallest absolute Gasteiger partial charge is 0.220 e. The minimum atomic E-state index is -0.160. The van der Waals surface area contributed by atoms with Crippen LogP contribution in [0, 0.1) is 0 Å². The van der Waals surface area contributed by atoms with E-state index in [2.05, 4.69) is 10.4 Å². The number of aromatic nitrogens is 2. The van der Waals surface area contributed by atoms with Crippen molar-refractivity contribution in [3.63, 3.8) is 0 Å². The molecule has 24 heavy (non-hydrogen) atoms. The van der Waals surface area contributed by atoms with Crippen LogP contribution in [0.25, 0.3) is 5.52 Å². The highest BCUT2D eigenvalue weighted by atomic mass is 35.5. The fourth-order valence-electron chi connectivity index (χ4n) is 2.41. The maximum absolute atomic E-state index is 12.0. The van der Waals surface area contributed by atoms with Crippen molar-refractivity contribution in [2.45, 2.75) is 19.4 Å². The number of hydrogen-bond donors (Lipinski definition) is 1. The number of Topliss-reactive ketones (excluding diaryl/α,β-unsaturated/α-hetero) is 1. The number of fused-ring (bicyclic) bond motifs is 1. The van der Waals surface area contributed by atoms with Gasteiger partial charge >= 0.3 is 0 Å². The molecule has 0 saturated heterocycles. The van der Waals surface area contributed by atoms with Gasteiger partial charge in [0.25, 0.3) is 0 Å². The molecule has 0 atom stereocenters. The van der Waals surface area contributed by atoms with Crippen molar-refractivity contribution in [1.82, 2.24) is 14.9 Å². The Bertz CT molecular complexity index is 871. The number of ketones is 1. The van der Waals surface area contributed by atoms with E-state index in [-0.39, 0.29) is 24.5 Å². The van der Waals surface area contributed by atoms with Crippen LogP contribution in [-0.4, -0.2) is 21.3 Å². The van der Waals surface area contributed by atoms with Crippen LogP contribution in [0.5, 0.6) is 0 Å². The molecular weight excluding hydrogens is 326 g/mol. The van der Waals surface area contributed by atoms with Crippen LogP contribution in [0.1, 0.15) is 28.8 Å². The number of nitrogens with zero attached hydrogens (tertiary/aromatic N) is 2. The zero-order valence-corrected chi connectivity index (χ0v) is 13.7. The van der Waals surface area contributed by atoms with Gasteiger partial charge in [-0.3, -0.25) is 9.59 Å². The third-order valence-electron chi connectivity index (χ3n) is 3.73. The van der Waals surface area contributed by atoms with E-state index in [4.69, 9.17) is 11.6 Å². The number of nitrogens with one attached hydrogen (secondary N) is 1. The van der Waals surface area contributed by atoms with E-state index in [1.165, 1.54) is 0 Å². The van der Waals surface area contributed by atoms with Crippen LogP contribution >= 0.6 is 11.6 Å². The fourth-order valence-corrected chi connectivity index (χ4v) is 2.54. The normalized spacial score (nSPS) is 10.7. The first kappa shape index (κ1) is 16.2.